The molecule has 0 saturated heterocycles. The molecule has 0 aromatic rings. The smallest absolute Gasteiger partial charge is 0.331 e. The first kappa shape index (κ1) is 28.8. The van der Waals surface area contributed by atoms with Crippen LogP contribution in [0.3, 0.4) is 0 Å². The van der Waals surface area contributed by atoms with Gasteiger partial charge in [0, 0.05) is 25.3 Å². The van der Waals surface area contributed by atoms with E-state index in [0.29, 0.717) is 11.1 Å². The Kier molecular flexibility index (Phi) is 9.45. The molecule has 8 unspecified atom stereocenters. The third-order valence-electron chi connectivity index (χ3n) is 7.23. The van der Waals surface area contributed by atoms with Gasteiger partial charge in [-0.3, -0.25) is 14.4 Å². The molecule has 2 saturated carbocycles. The summed E-state index contributed by atoms with van der Waals surface area (Å²) in [6.07, 6.45) is -1.89. The SMILES string of the molecule is C=C1C2CC(=O)C(C(C)OC(C)=O)C2C(C(C)C)C(OC(=O)C(C)C)C1OC(=O)C=C(C)C(C)O. The minimum atomic E-state index is -0.951. The molecule has 0 radical (unpaired) electrons. The van der Waals surface area contributed by atoms with Gasteiger partial charge in [-0.2, -0.15) is 0 Å². The monoisotopic (exact) mass is 492 g/mol. The summed E-state index contributed by atoms with van der Waals surface area (Å²) < 4.78 is 17.2. The van der Waals surface area contributed by atoms with E-state index >= 15 is 0 Å². The third-order valence-corrected chi connectivity index (χ3v) is 7.23. The first-order valence-electron chi connectivity index (χ1n) is 12.3. The number of Topliss-reactive ketones (excluding diaryl/α,β-unsaturated/α-hetero) is 1. The maximum atomic E-state index is 13.2. The molecule has 2 rings (SSSR count). The average molecular weight is 493 g/mol. The van der Waals surface area contributed by atoms with Crippen molar-refractivity contribution < 1.29 is 38.5 Å². The minimum Gasteiger partial charge on any atom is -0.462 e. The van der Waals surface area contributed by atoms with Crippen molar-refractivity contribution in [3.05, 3.63) is 23.8 Å². The van der Waals surface area contributed by atoms with Crippen LogP contribution in [0.5, 0.6) is 0 Å². The molecule has 1 N–H and O–H groups in total. The molecule has 35 heavy (non-hydrogen) atoms. The topological polar surface area (TPSA) is 116 Å². The lowest BCUT2D eigenvalue weighted by atomic mass is 9.62. The summed E-state index contributed by atoms with van der Waals surface area (Å²) in [5, 5.41) is 9.73. The molecule has 0 aromatic carbocycles. The molecular formula is C27H40O8. The summed E-state index contributed by atoms with van der Waals surface area (Å²) in [5.74, 6) is -3.65. The van der Waals surface area contributed by atoms with Gasteiger partial charge in [0.1, 0.15) is 18.0 Å². The molecule has 0 heterocycles. The highest BCUT2D eigenvalue weighted by molar-refractivity contribution is 5.86. The standard InChI is InChI=1S/C27H40O8/c1-12(2)22-24-19(11-20(30)23(24)17(8)33-18(9)29)15(6)25(26(22)35-27(32)13(3)4)34-21(31)10-14(5)16(7)28/h10,12-13,16-17,19,22-26,28H,6,11H2,1-5,7-9H3. The number of ether oxygens (including phenoxy) is 3. The third kappa shape index (κ3) is 6.40. The van der Waals surface area contributed by atoms with Gasteiger partial charge in [-0.15, -0.1) is 0 Å². The highest BCUT2D eigenvalue weighted by Crippen LogP contribution is 2.54. The Morgan fingerprint density at radius 3 is 2.14 bits per heavy atom. The number of carbonyl (C=O) groups excluding carboxylic acids is 4. The zero-order valence-electron chi connectivity index (χ0n) is 22.1. The molecule has 0 spiro atoms. The molecule has 196 valence electrons. The average Bonchev–Trinajstić information content (AvgIpc) is 3.06. The Labute approximate surface area is 208 Å². The first-order valence-corrected chi connectivity index (χ1v) is 12.3. The van der Waals surface area contributed by atoms with E-state index in [9.17, 15) is 24.3 Å². The van der Waals surface area contributed by atoms with Crippen LogP contribution in [0.1, 0.15) is 61.8 Å². The quantitative estimate of drug-likeness (QED) is 0.237. The van der Waals surface area contributed by atoms with E-state index in [1.165, 1.54) is 13.0 Å². The second-order valence-electron chi connectivity index (χ2n) is 10.6. The predicted octanol–water partition coefficient (Wildman–Crippen LogP) is 3.41. The molecule has 8 atom stereocenters. The number of hydrogen-bond acceptors (Lipinski definition) is 8. The van der Waals surface area contributed by atoms with E-state index < -0.39 is 54.2 Å². The van der Waals surface area contributed by atoms with Gasteiger partial charge < -0.3 is 19.3 Å². The van der Waals surface area contributed by atoms with Crippen molar-refractivity contribution in [3.8, 4) is 0 Å². The van der Waals surface area contributed by atoms with Crippen molar-refractivity contribution in [1.82, 2.24) is 0 Å². The molecule has 2 fully saturated rings. The van der Waals surface area contributed by atoms with Crippen molar-refractivity contribution in [3.63, 3.8) is 0 Å². The molecule has 8 heteroatoms. The van der Waals surface area contributed by atoms with Gasteiger partial charge in [0.25, 0.3) is 0 Å². The number of carbonyl (C=O) groups is 4. The number of hydrogen-bond donors (Lipinski definition) is 1. The van der Waals surface area contributed by atoms with E-state index in [-0.39, 0.29) is 35.9 Å². The summed E-state index contributed by atoms with van der Waals surface area (Å²) in [7, 11) is 0. The largest absolute Gasteiger partial charge is 0.462 e. The zero-order valence-corrected chi connectivity index (χ0v) is 22.1. The summed E-state index contributed by atoms with van der Waals surface area (Å²) in [4.78, 5) is 50.3. The number of ketones is 1. The van der Waals surface area contributed by atoms with Gasteiger partial charge >= 0.3 is 17.9 Å². The van der Waals surface area contributed by atoms with E-state index in [1.54, 1.807) is 34.6 Å². The molecule has 0 aromatic heterocycles. The lowest BCUT2D eigenvalue weighted by Gasteiger charge is -2.48. The maximum absolute atomic E-state index is 13.2. The van der Waals surface area contributed by atoms with Gasteiger partial charge in [-0.05, 0) is 49.7 Å². The summed E-state index contributed by atoms with van der Waals surface area (Å²) in [5.41, 5.74) is 0.938. The number of esters is 3. The van der Waals surface area contributed by atoms with Crippen LogP contribution in [0.15, 0.2) is 23.8 Å². The normalized spacial score (nSPS) is 30.7. The Bertz CT molecular complexity index is 884. The van der Waals surface area contributed by atoms with Crippen molar-refractivity contribution in [1.29, 1.82) is 0 Å². The molecule has 2 aliphatic rings. The number of aliphatic hydroxyl groups excluding tert-OH is 1. The van der Waals surface area contributed by atoms with Crippen LogP contribution >= 0.6 is 0 Å². The fourth-order valence-electron chi connectivity index (χ4n) is 5.44. The predicted molar refractivity (Wildman–Crippen MR) is 129 cm³/mol. The van der Waals surface area contributed by atoms with Crippen LogP contribution in [-0.2, 0) is 33.4 Å². The Balaban J connectivity index is 2.55. The Morgan fingerprint density at radius 2 is 1.66 bits per heavy atom. The van der Waals surface area contributed by atoms with Gasteiger partial charge in [0.05, 0.1) is 17.9 Å². The minimum absolute atomic E-state index is 0.0468. The van der Waals surface area contributed by atoms with Gasteiger partial charge in [0.2, 0.25) is 0 Å². The zero-order chi connectivity index (χ0) is 26.8. The van der Waals surface area contributed by atoms with Crippen LogP contribution in [0.2, 0.25) is 0 Å². The molecule has 0 aliphatic heterocycles. The van der Waals surface area contributed by atoms with Crippen molar-refractivity contribution in [2.45, 2.75) is 86.2 Å². The van der Waals surface area contributed by atoms with Crippen LogP contribution < -0.4 is 0 Å². The summed E-state index contributed by atoms with van der Waals surface area (Å²) in [6, 6.07) is 0. The Hall–Kier alpha value is -2.48. The summed E-state index contributed by atoms with van der Waals surface area (Å²) >= 11 is 0. The van der Waals surface area contributed by atoms with E-state index in [4.69, 9.17) is 14.2 Å². The molecule has 0 amide bonds. The van der Waals surface area contributed by atoms with Gasteiger partial charge in [-0.1, -0.05) is 34.3 Å². The van der Waals surface area contributed by atoms with E-state index in [2.05, 4.69) is 6.58 Å². The highest BCUT2D eigenvalue weighted by atomic mass is 16.6. The first-order chi connectivity index (χ1) is 16.2. The number of fused-ring (bicyclic) bond motifs is 1. The fourth-order valence-corrected chi connectivity index (χ4v) is 5.44. The van der Waals surface area contributed by atoms with Crippen LogP contribution in [0, 0.1) is 35.5 Å². The summed E-state index contributed by atoms with van der Waals surface area (Å²) in [6.45, 7) is 17.7. The van der Waals surface area contributed by atoms with E-state index in [0.717, 1.165) is 0 Å². The molecule has 8 nitrogen and oxygen atoms in total. The number of aliphatic hydroxyl groups is 1. The van der Waals surface area contributed by atoms with Crippen molar-refractivity contribution in [2.75, 3.05) is 0 Å². The van der Waals surface area contributed by atoms with Crippen LogP contribution in [0.4, 0.5) is 0 Å². The van der Waals surface area contributed by atoms with Crippen LogP contribution in [-0.4, -0.2) is 53.2 Å². The highest BCUT2D eigenvalue weighted by Gasteiger charge is 2.59. The lowest BCUT2D eigenvalue weighted by Crippen LogP contribution is -2.54. The second-order valence-corrected chi connectivity index (χ2v) is 10.6. The van der Waals surface area contributed by atoms with Crippen LogP contribution in [0.25, 0.3) is 0 Å². The van der Waals surface area contributed by atoms with Crippen molar-refractivity contribution in [2.24, 2.45) is 35.5 Å². The second kappa shape index (κ2) is 11.5. The maximum Gasteiger partial charge on any atom is 0.331 e. The molecular weight excluding hydrogens is 452 g/mol. The van der Waals surface area contributed by atoms with Gasteiger partial charge in [0.15, 0.2) is 6.10 Å². The van der Waals surface area contributed by atoms with Crippen molar-refractivity contribution >= 4 is 23.7 Å². The Morgan fingerprint density at radius 1 is 1.06 bits per heavy atom. The number of rotatable bonds is 8. The fraction of sp³-hybridized carbons (Fsp3) is 0.704. The van der Waals surface area contributed by atoms with Gasteiger partial charge in [-0.25, -0.2) is 4.79 Å². The lowest BCUT2D eigenvalue weighted by molar-refractivity contribution is -0.182. The van der Waals surface area contributed by atoms with E-state index in [1.807, 2.05) is 13.8 Å². The molecule has 0 bridgehead atoms. The molecule has 2 aliphatic carbocycles.